The lowest BCUT2D eigenvalue weighted by atomic mass is 10.1. The van der Waals surface area contributed by atoms with Crippen molar-refractivity contribution in [3.63, 3.8) is 0 Å². The van der Waals surface area contributed by atoms with Crippen LogP contribution in [-0.4, -0.2) is 26.3 Å². The molecule has 0 aliphatic carbocycles. The summed E-state index contributed by atoms with van der Waals surface area (Å²) in [4.78, 5) is 14.3. The summed E-state index contributed by atoms with van der Waals surface area (Å²) in [6, 6.07) is 16.0. The van der Waals surface area contributed by atoms with Crippen LogP contribution < -0.4 is 15.8 Å². The highest BCUT2D eigenvalue weighted by atomic mass is 16.5. The van der Waals surface area contributed by atoms with Crippen molar-refractivity contribution in [2.75, 3.05) is 36.5 Å². The Balaban J connectivity index is 1.56. The first-order chi connectivity index (χ1) is 13.2. The van der Waals surface area contributed by atoms with E-state index in [0.717, 1.165) is 54.9 Å². The van der Waals surface area contributed by atoms with E-state index in [1.807, 2.05) is 18.2 Å². The number of fused-ring (bicyclic) bond motifs is 1. The maximum Gasteiger partial charge on any atom is 0.336 e. The zero-order valence-corrected chi connectivity index (χ0v) is 15.5. The van der Waals surface area contributed by atoms with Crippen molar-refractivity contribution in [1.82, 2.24) is 0 Å². The summed E-state index contributed by atoms with van der Waals surface area (Å²) in [5.74, 6) is 0. The summed E-state index contributed by atoms with van der Waals surface area (Å²) in [6.07, 6.45) is 0.913. The first kappa shape index (κ1) is 17.6. The van der Waals surface area contributed by atoms with Gasteiger partial charge in [0.1, 0.15) is 5.58 Å². The van der Waals surface area contributed by atoms with E-state index in [1.165, 1.54) is 5.69 Å². The van der Waals surface area contributed by atoms with Crippen LogP contribution in [0.3, 0.4) is 0 Å². The number of benzene rings is 2. The van der Waals surface area contributed by atoms with E-state index in [0.29, 0.717) is 12.1 Å². The number of anilines is 2. The highest BCUT2D eigenvalue weighted by Crippen LogP contribution is 2.23. The Morgan fingerprint density at radius 3 is 2.74 bits per heavy atom. The summed E-state index contributed by atoms with van der Waals surface area (Å²) < 4.78 is 10.8. The molecule has 140 valence electrons. The summed E-state index contributed by atoms with van der Waals surface area (Å²) in [6.45, 7) is 6.01. The van der Waals surface area contributed by atoms with Gasteiger partial charge in [-0.1, -0.05) is 25.1 Å². The lowest BCUT2D eigenvalue weighted by Crippen LogP contribution is -2.36. The van der Waals surface area contributed by atoms with Crippen LogP contribution in [0.15, 0.2) is 57.7 Å². The molecule has 0 amide bonds. The molecule has 0 spiro atoms. The van der Waals surface area contributed by atoms with Gasteiger partial charge in [0.15, 0.2) is 0 Å². The number of rotatable bonds is 5. The molecule has 4 rings (SSSR count). The molecule has 0 unspecified atom stereocenters. The van der Waals surface area contributed by atoms with Gasteiger partial charge < -0.3 is 19.4 Å². The van der Waals surface area contributed by atoms with Crippen molar-refractivity contribution in [1.29, 1.82) is 0 Å². The first-order valence-corrected chi connectivity index (χ1v) is 9.45. The second kappa shape index (κ2) is 7.84. The summed E-state index contributed by atoms with van der Waals surface area (Å²) in [5.41, 5.74) is 4.67. The molecule has 1 aromatic heterocycles. The van der Waals surface area contributed by atoms with Crippen molar-refractivity contribution >= 4 is 22.3 Å². The summed E-state index contributed by atoms with van der Waals surface area (Å²) >= 11 is 0. The SMILES string of the molecule is CCc1ccc2c(CNc3cccc(N4CCOCC4)c3)cc(=O)oc2c1. The molecule has 1 aliphatic rings. The van der Waals surface area contributed by atoms with Gasteiger partial charge in [-0.05, 0) is 41.8 Å². The van der Waals surface area contributed by atoms with Crippen LogP contribution in [0.2, 0.25) is 0 Å². The minimum atomic E-state index is -0.311. The van der Waals surface area contributed by atoms with Crippen molar-refractivity contribution < 1.29 is 9.15 Å². The van der Waals surface area contributed by atoms with Gasteiger partial charge in [-0.25, -0.2) is 4.79 Å². The molecule has 0 atom stereocenters. The minimum Gasteiger partial charge on any atom is -0.423 e. The molecule has 5 heteroatoms. The fraction of sp³-hybridized carbons (Fsp3) is 0.318. The molecule has 2 heterocycles. The van der Waals surface area contributed by atoms with Crippen molar-refractivity contribution in [3.05, 3.63) is 70.1 Å². The lowest BCUT2D eigenvalue weighted by Gasteiger charge is -2.29. The molecule has 1 fully saturated rings. The predicted octanol–water partition coefficient (Wildman–Crippen LogP) is 3.80. The monoisotopic (exact) mass is 364 g/mol. The number of nitrogens with zero attached hydrogens (tertiary/aromatic N) is 1. The molecule has 2 aromatic carbocycles. The van der Waals surface area contributed by atoms with Crippen LogP contribution in [0.1, 0.15) is 18.1 Å². The topological polar surface area (TPSA) is 54.7 Å². The van der Waals surface area contributed by atoms with E-state index in [4.69, 9.17) is 9.15 Å². The molecule has 0 bridgehead atoms. The number of hydrogen-bond acceptors (Lipinski definition) is 5. The van der Waals surface area contributed by atoms with Gasteiger partial charge in [0.25, 0.3) is 0 Å². The highest BCUT2D eigenvalue weighted by molar-refractivity contribution is 5.81. The number of morpholine rings is 1. The van der Waals surface area contributed by atoms with Gasteiger partial charge in [0, 0.05) is 42.5 Å². The number of ether oxygens (including phenoxy) is 1. The average molecular weight is 364 g/mol. The molecular formula is C22H24N2O3. The standard InChI is InChI=1S/C22H24N2O3/c1-2-16-6-7-20-17(13-22(25)27-21(20)12-16)15-23-18-4-3-5-19(14-18)24-8-10-26-11-9-24/h3-7,12-14,23H,2,8-11,15H2,1H3. The number of aryl methyl sites for hydroxylation is 1. The Morgan fingerprint density at radius 2 is 1.93 bits per heavy atom. The van der Waals surface area contributed by atoms with E-state index in [-0.39, 0.29) is 5.63 Å². The van der Waals surface area contributed by atoms with Crippen molar-refractivity contribution in [2.45, 2.75) is 19.9 Å². The number of hydrogen-bond donors (Lipinski definition) is 1. The maximum absolute atomic E-state index is 12.0. The second-order valence-corrected chi connectivity index (χ2v) is 6.78. The predicted molar refractivity (Wildman–Crippen MR) is 109 cm³/mol. The smallest absolute Gasteiger partial charge is 0.336 e. The second-order valence-electron chi connectivity index (χ2n) is 6.78. The number of nitrogens with one attached hydrogen (secondary N) is 1. The van der Waals surface area contributed by atoms with E-state index in [1.54, 1.807) is 6.07 Å². The Kier molecular flexibility index (Phi) is 5.12. The fourth-order valence-electron chi connectivity index (χ4n) is 3.47. The Hall–Kier alpha value is -2.79. The van der Waals surface area contributed by atoms with E-state index in [9.17, 15) is 4.79 Å². The van der Waals surface area contributed by atoms with Crippen LogP contribution in [0.25, 0.3) is 11.0 Å². The van der Waals surface area contributed by atoms with Crippen LogP contribution >= 0.6 is 0 Å². The normalized spacial score (nSPS) is 14.5. The van der Waals surface area contributed by atoms with E-state index >= 15 is 0 Å². The van der Waals surface area contributed by atoms with Gasteiger partial charge in [0.05, 0.1) is 13.2 Å². The largest absolute Gasteiger partial charge is 0.423 e. The molecule has 3 aromatic rings. The molecule has 1 N–H and O–H groups in total. The molecule has 1 saturated heterocycles. The zero-order valence-electron chi connectivity index (χ0n) is 15.5. The minimum absolute atomic E-state index is 0.311. The van der Waals surface area contributed by atoms with Gasteiger partial charge in [-0.2, -0.15) is 0 Å². The van der Waals surface area contributed by atoms with Crippen LogP contribution in [-0.2, 0) is 17.7 Å². The quantitative estimate of drug-likeness (QED) is 0.698. The average Bonchev–Trinajstić information content (AvgIpc) is 2.72. The molecule has 1 aliphatic heterocycles. The Morgan fingerprint density at radius 1 is 1.07 bits per heavy atom. The van der Waals surface area contributed by atoms with E-state index < -0.39 is 0 Å². The Bertz CT molecular complexity index is 990. The molecular weight excluding hydrogens is 340 g/mol. The first-order valence-electron chi connectivity index (χ1n) is 9.45. The summed E-state index contributed by atoms with van der Waals surface area (Å²) in [7, 11) is 0. The van der Waals surface area contributed by atoms with Crippen molar-refractivity contribution in [2.24, 2.45) is 0 Å². The van der Waals surface area contributed by atoms with Crippen LogP contribution in [0.5, 0.6) is 0 Å². The third kappa shape index (κ3) is 3.98. The van der Waals surface area contributed by atoms with Gasteiger partial charge in [-0.3, -0.25) is 0 Å². The highest BCUT2D eigenvalue weighted by Gasteiger charge is 2.12. The maximum atomic E-state index is 12.0. The third-order valence-corrected chi connectivity index (χ3v) is 5.01. The lowest BCUT2D eigenvalue weighted by molar-refractivity contribution is 0.122. The van der Waals surface area contributed by atoms with Crippen molar-refractivity contribution in [3.8, 4) is 0 Å². The van der Waals surface area contributed by atoms with Crippen LogP contribution in [0, 0.1) is 0 Å². The molecule has 0 radical (unpaired) electrons. The van der Waals surface area contributed by atoms with Gasteiger partial charge in [-0.15, -0.1) is 0 Å². The molecule has 5 nitrogen and oxygen atoms in total. The molecule has 0 saturated carbocycles. The molecule has 27 heavy (non-hydrogen) atoms. The fourth-order valence-corrected chi connectivity index (χ4v) is 3.47. The Labute approximate surface area is 158 Å². The third-order valence-electron chi connectivity index (χ3n) is 5.01. The van der Waals surface area contributed by atoms with Gasteiger partial charge >= 0.3 is 5.63 Å². The summed E-state index contributed by atoms with van der Waals surface area (Å²) in [5, 5.41) is 4.43. The van der Waals surface area contributed by atoms with E-state index in [2.05, 4.69) is 41.4 Å². The zero-order chi connectivity index (χ0) is 18.6. The van der Waals surface area contributed by atoms with Crippen LogP contribution in [0.4, 0.5) is 11.4 Å². The van der Waals surface area contributed by atoms with Gasteiger partial charge in [0.2, 0.25) is 0 Å².